The number of likely N-dealkylation sites (tertiary alicyclic amines) is 1. The number of hydrogen-bond donors (Lipinski definition) is 1. The molecule has 0 aromatic heterocycles. The molecule has 28 heavy (non-hydrogen) atoms. The van der Waals surface area contributed by atoms with Crippen LogP contribution in [0.5, 0.6) is 0 Å². The number of hydrogen-bond acceptors (Lipinski definition) is 3. The molecule has 0 bridgehead atoms. The van der Waals surface area contributed by atoms with Gasteiger partial charge in [0.2, 0.25) is 5.91 Å². The maximum Gasteiger partial charge on any atom is 0.410 e. The molecule has 0 aliphatic carbocycles. The molecule has 0 spiro atoms. The Labute approximate surface area is 167 Å². The van der Waals surface area contributed by atoms with Crippen molar-refractivity contribution in [2.45, 2.75) is 71.4 Å². The van der Waals surface area contributed by atoms with E-state index in [-0.39, 0.29) is 23.7 Å². The third kappa shape index (κ3) is 5.46. The molecular formula is C22H33FN2O3. The van der Waals surface area contributed by atoms with Crippen LogP contribution in [0, 0.1) is 11.7 Å². The molecule has 1 aliphatic rings. The lowest BCUT2D eigenvalue weighted by molar-refractivity contribution is -0.128. The van der Waals surface area contributed by atoms with E-state index in [0.29, 0.717) is 25.9 Å². The predicted molar refractivity (Wildman–Crippen MR) is 107 cm³/mol. The Balaban J connectivity index is 2.00. The normalized spacial score (nSPS) is 16.0. The van der Waals surface area contributed by atoms with Crippen LogP contribution in [-0.4, -0.2) is 35.6 Å². The molecule has 1 aromatic rings. The summed E-state index contributed by atoms with van der Waals surface area (Å²) in [6.45, 7) is 10.6. The van der Waals surface area contributed by atoms with Gasteiger partial charge in [0.25, 0.3) is 0 Å². The van der Waals surface area contributed by atoms with Gasteiger partial charge in [-0.2, -0.15) is 0 Å². The van der Waals surface area contributed by atoms with Crippen molar-refractivity contribution >= 4 is 12.0 Å². The van der Waals surface area contributed by atoms with Crippen LogP contribution in [0.4, 0.5) is 9.18 Å². The number of piperidine rings is 1. The molecule has 1 saturated heterocycles. The SMILES string of the molecule is CCC(CC)(NC(=O)C1CCN(C(=O)OC(C)(C)C)CC1)c1ccc(F)cc1. The van der Waals surface area contributed by atoms with Crippen LogP contribution < -0.4 is 5.32 Å². The maximum atomic E-state index is 13.3. The van der Waals surface area contributed by atoms with Crippen LogP contribution >= 0.6 is 0 Å². The van der Waals surface area contributed by atoms with Crippen LogP contribution in [0.3, 0.4) is 0 Å². The number of carbonyl (C=O) groups is 2. The third-order valence-electron chi connectivity index (χ3n) is 5.48. The van der Waals surface area contributed by atoms with Crippen molar-refractivity contribution < 1.29 is 18.7 Å². The number of nitrogens with zero attached hydrogens (tertiary/aromatic N) is 1. The van der Waals surface area contributed by atoms with E-state index in [4.69, 9.17) is 4.74 Å². The van der Waals surface area contributed by atoms with Crippen molar-refractivity contribution in [3.05, 3.63) is 35.6 Å². The topological polar surface area (TPSA) is 58.6 Å². The standard InChI is InChI=1S/C22H33FN2O3/c1-6-22(7-2,17-8-10-18(23)11-9-17)24-19(26)16-12-14-25(15-13-16)20(27)28-21(3,4)5/h8-11,16H,6-7,12-15H2,1-5H3,(H,24,26). The lowest BCUT2D eigenvalue weighted by atomic mass is 9.83. The number of rotatable bonds is 5. The molecule has 1 heterocycles. The summed E-state index contributed by atoms with van der Waals surface area (Å²) >= 11 is 0. The molecule has 1 aromatic carbocycles. The fraction of sp³-hybridized carbons (Fsp3) is 0.636. The molecule has 156 valence electrons. The van der Waals surface area contributed by atoms with Gasteiger partial charge in [-0.05, 0) is 64.2 Å². The van der Waals surface area contributed by atoms with Gasteiger partial charge in [-0.25, -0.2) is 9.18 Å². The van der Waals surface area contributed by atoms with Gasteiger partial charge in [0.1, 0.15) is 11.4 Å². The Morgan fingerprint density at radius 2 is 1.64 bits per heavy atom. The molecule has 2 amide bonds. The summed E-state index contributed by atoms with van der Waals surface area (Å²) in [6, 6.07) is 6.35. The van der Waals surface area contributed by atoms with E-state index in [1.165, 1.54) is 12.1 Å². The van der Waals surface area contributed by atoms with E-state index < -0.39 is 11.1 Å². The van der Waals surface area contributed by atoms with Gasteiger partial charge in [0.05, 0.1) is 5.54 Å². The van der Waals surface area contributed by atoms with E-state index in [0.717, 1.165) is 18.4 Å². The summed E-state index contributed by atoms with van der Waals surface area (Å²) in [7, 11) is 0. The van der Waals surface area contributed by atoms with Crippen LogP contribution in [-0.2, 0) is 15.1 Å². The Hall–Kier alpha value is -2.11. The van der Waals surface area contributed by atoms with Gasteiger partial charge in [-0.1, -0.05) is 26.0 Å². The first kappa shape index (κ1) is 22.2. The molecular weight excluding hydrogens is 359 g/mol. The first-order valence-corrected chi connectivity index (χ1v) is 10.2. The second-order valence-corrected chi connectivity index (χ2v) is 8.53. The first-order valence-electron chi connectivity index (χ1n) is 10.2. The summed E-state index contributed by atoms with van der Waals surface area (Å²) in [5, 5.41) is 3.22. The Morgan fingerprint density at radius 3 is 2.11 bits per heavy atom. The molecule has 0 saturated carbocycles. The van der Waals surface area contributed by atoms with E-state index in [1.807, 2.05) is 34.6 Å². The van der Waals surface area contributed by atoms with Gasteiger partial charge in [0.15, 0.2) is 0 Å². The lowest BCUT2D eigenvalue weighted by Crippen LogP contribution is -2.50. The van der Waals surface area contributed by atoms with Gasteiger partial charge in [0, 0.05) is 19.0 Å². The summed E-state index contributed by atoms with van der Waals surface area (Å²) in [4.78, 5) is 26.8. The van der Waals surface area contributed by atoms with Crippen LogP contribution in [0.2, 0.25) is 0 Å². The molecule has 0 unspecified atom stereocenters. The summed E-state index contributed by atoms with van der Waals surface area (Å²) in [5.74, 6) is -0.431. The van der Waals surface area contributed by atoms with Crippen molar-refractivity contribution in [3.8, 4) is 0 Å². The van der Waals surface area contributed by atoms with Crippen LogP contribution in [0.1, 0.15) is 65.9 Å². The summed E-state index contributed by atoms with van der Waals surface area (Å²) < 4.78 is 18.7. The zero-order chi connectivity index (χ0) is 20.9. The Bertz CT molecular complexity index is 670. The molecule has 0 radical (unpaired) electrons. The van der Waals surface area contributed by atoms with E-state index in [9.17, 15) is 14.0 Å². The van der Waals surface area contributed by atoms with E-state index in [2.05, 4.69) is 5.32 Å². The number of nitrogens with one attached hydrogen (secondary N) is 1. The number of amides is 2. The molecule has 1 N–H and O–H groups in total. The van der Waals surface area contributed by atoms with E-state index >= 15 is 0 Å². The average molecular weight is 393 g/mol. The minimum atomic E-state index is -0.525. The highest BCUT2D eigenvalue weighted by molar-refractivity contribution is 5.80. The van der Waals surface area contributed by atoms with E-state index in [1.54, 1.807) is 17.0 Å². The number of halogens is 1. The zero-order valence-corrected chi connectivity index (χ0v) is 17.7. The number of benzene rings is 1. The highest BCUT2D eigenvalue weighted by atomic mass is 19.1. The molecule has 6 heteroatoms. The zero-order valence-electron chi connectivity index (χ0n) is 17.7. The maximum absolute atomic E-state index is 13.3. The fourth-order valence-corrected chi connectivity index (χ4v) is 3.66. The quantitative estimate of drug-likeness (QED) is 0.796. The summed E-state index contributed by atoms with van der Waals surface area (Å²) in [5.41, 5.74) is -0.117. The molecule has 5 nitrogen and oxygen atoms in total. The lowest BCUT2D eigenvalue weighted by Gasteiger charge is -2.37. The molecule has 1 fully saturated rings. The fourth-order valence-electron chi connectivity index (χ4n) is 3.66. The van der Waals surface area contributed by atoms with Gasteiger partial charge < -0.3 is 15.0 Å². The monoisotopic (exact) mass is 392 g/mol. The molecule has 1 aliphatic heterocycles. The van der Waals surface area contributed by atoms with Crippen molar-refractivity contribution in [1.82, 2.24) is 10.2 Å². The molecule has 0 atom stereocenters. The largest absolute Gasteiger partial charge is 0.444 e. The van der Waals surface area contributed by atoms with Crippen molar-refractivity contribution in [1.29, 1.82) is 0 Å². The average Bonchev–Trinajstić information content (AvgIpc) is 2.65. The highest BCUT2D eigenvalue weighted by Gasteiger charge is 2.35. The number of carbonyl (C=O) groups excluding carboxylic acids is 2. The minimum Gasteiger partial charge on any atom is -0.444 e. The smallest absolute Gasteiger partial charge is 0.410 e. The van der Waals surface area contributed by atoms with Crippen molar-refractivity contribution in [3.63, 3.8) is 0 Å². The minimum absolute atomic E-state index is 0.00290. The first-order chi connectivity index (χ1) is 13.1. The van der Waals surface area contributed by atoms with Gasteiger partial charge in [-0.15, -0.1) is 0 Å². The third-order valence-corrected chi connectivity index (χ3v) is 5.48. The summed E-state index contributed by atoms with van der Waals surface area (Å²) in [6.07, 6.45) is 2.33. The van der Waals surface area contributed by atoms with Crippen molar-refractivity contribution in [2.24, 2.45) is 5.92 Å². The highest BCUT2D eigenvalue weighted by Crippen LogP contribution is 2.30. The van der Waals surface area contributed by atoms with Gasteiger partial charge in [-0.3, -0.25) is 4.79 Å². The van der Waals surface area contributed by atoms with Gasteiger partial charge >= 0.3 is 6.09 Å². The van der Waals surface area contributed by atoms with Crippen LogP contribution in [0.15, 0.2) is 24.3 Å². The number of ether oxygens (including phenoxy) is 1. The second-order valence-electron chi connectivity index (χ2n) is 8.53. The van der Waals surface area contributed by atoms with Crippen molar-refractivity contribution in [2.75, 3.05) is 13.1 Å². The predicted octanol–water partition coefficient (Wildman–Crippen LogP) is 4.60. The van der Waals surface area contributed by atoms with Crippen LogP contribution in [0.25, 0.3) is 0 Å². The Kier molecular flexibility index (Phi) is 7.07. The molecule has 2 rings (SSSR count). The second kappa shape index (κ2) is 8.93. The Morgan fingerprint density at radius 1 is 1.11 bits per heavy atom.